The van der Waals surface area contributed by atoms with Crippen molar-refractivity contribution in [1.29, 1.82) is 0 Å². The van der Waals surface area contributed by atoms with Gasteiger partial charge in [-0.25, -0.2) is 9.90 Å². The highest BCUT2D eigenvalue weighted by Gasteiger charge is 2.56. The van der Waals surface area contributed by atoms with Crippen molar-refractivity contribution < 1.29 is 14.5 Å². The molecular weight excluding hydrogens is 238 g/mol. The van der Waals surface area contributed by atoms with Gasteiger partial charge in [-0.15, -0.1) is 0 Å². The van der Waals surface area contributed by atoms with E-state index in [4.69, 9.17) is 15.3 Å². The van der Waals surface area contributed by atoms with Gasteiger partial charge in [-0.2, -0.15) is 0 Å². The topological polar surface area (TPSA) is 93.9 Å². The highest BCUT2D eigenvalue weighted by Crippen LogP contribution is 2.40. The number of allylic oxidation sites excluding steroid dienone is 2. The van der Waals surface area contributed by atoms with Crippen LogP contribution in [0.15, 0.2) is 48.4 Å². The Balaban J connectivity index is 1.79. The van der Waals surface area contributed by atoms with E-state index < -0.39 is 10.8 Å². The average Bonchev–Trinajstić information content (AvgIpc) is 3.03. The van der Waals surface area contributed by atoms with Crippen LogP contribution in [0.5, 0.6) is 5.75 Å². The predicted octanol–water partition coefficient (Wildman–Crippen LogP) is 1.24. The normalized spacial score (nSPS) is 24.3. The molecule has 1 fully saturated rings. The molecule has 2 aliphatic rings. The van der Waals surface area contributed by atoms with Gasteiger partial charge >= 0.3 is 5.85 Å². The summed E-state index contributed by atoms with van der Waals surface area (Å²) in [6.45, 7) is 0. The van der Waals surface area contributed by atoms with Crippen LogP contribution in [-0.4, -0.2) is 15.8 Å². The van der Waals surface area contributed by atoms with Gasteiger partial charge in [-0.3, -0.25) is 15.8 Å². The van der Waals surface area contributed by atoms with Gasteiger partial charge < -0.3 is 4.74 Å². The second kappa shape index (κ2) is 3.56. The van der Waals surface area contributed by atoms with Gasteiger partial charge in [0.05, 0.1) is 4.92 Å². The Bertz CT molecular complexity index is 566. The highest BCUT2D eigenvalue weighted by molar-refractivity contribution is 5.38. The molecule has 2 aliphatic heterocycles. The number of ether oxygens (including phenoxy) is 1. The van der Waals surface area contributed by atoms with E-state index in [0.717, 1.165) is 0 Å². The van der Waals surface area contributed by atoms with Crippen LogP contribution in [0, 0.1) is 10.1 Å². The Morgan fingerprint density at radius 2 is 2.11 bits per heavy atom. The Kier molecular flexibility index (Phi) is 2.12. The predicted molar refractivity (Wildman–Crippen MR) is 60.8 cm³/mol. The van der Waals surface area contributed by atoms with E-state index in [2.05, 4.69) is 0 Å². The zero-order chi connectivity index (χ0) is 12.8. The maximum Gasteiger partial charge on any atom is 0.301 e. The SMILES string of the molecule is NC12ON1C=CC=C2Oc1ccc([N+](=O)[O-])cc1. The molecule has 0 radical (unpaired) electrons. The van der Waals surface area contributed by atoms with Crippen LogP contribution in [0.4, 0.5) is 5.69 Å². The molecule has 0 saturated carbocycles. The molecule has 7 heteroatoms. The first-order valence-electron chi connectivity index (χ1n) is 5.18. The van der Waals surface area contributed by atoms with E-state index in [1.807, 2.05) is 0 Å². The number of hydrogen-bond acceptors (Lipinski definition) is 6. The number of nitro groups is 1. The number of nitro benzene ring substituents is 1. The Morgan fingerprint density at radius 1 is 1.39 bits per heavy atom. The van der Waals surface area contributed by atoms with Crippen molar-refractivity contribution in [2.24, 2.45) is 5.73 Å². The standard InChI is InChI=1S/C11H9N3O4/c12-11-10(2-1-7-13(11)18-11)17-9-5-3-8(4-6-9)14(15)16/h1-7H,12H2. The van der Waals surface area contributed by atoms with Crippen molar-refractivity contribution in [2.45, 2.75) is 5.85 Å². The van der Waals surface area contributed by atoms with E-state index in [-0.39, 0.29) is 5.69 Å². The largest absolute Gasteiger partial charge is 0.455 e. The minimum absolute atomic E-state index is 0.00614. The molecule has 18 heavy (non-hydrogen) atoms. The molecule has 0 amide bonds. The second-order valence-corrected chi connectivity index (χ2v) is 3.84. The summed E-state index contributed by atoms with van der Waals surface area (Å²) in [7, 11) is 0. The number of non-ortho nitro benzene ring substituents is 1. The van der Waals surface area contributed by atoms with Crippen molar-refractivity contribution in [2.75, 3.05) is 0 Å². The van der Waals surface area contributed by atoms with Gasteiger partial charge in [0.2, 0.25) is 0 Å². The number of nitrogens with zero attached hydrogens (tertiary/aromatic N) is 2. The van der Waals surface area contributed by atoms with Gasteiger partial charge in [-0.05, 0) is 24.3 Å². The number of benzene rings is 1. The van der Waals surface area contributed by atoms with E-state index in [9.17, 15) is 10.1 Å². The van der Waals surface area contributed by atoms with Crippen molar-refractivity contribution in [3.05, 3.63) is 58.5 Å². The summed E-state index contributed by atoms with van der Waals surface area (Å²) in [5, 5.41) is 12.0. The van der Waals surface area contributed by atoms with Crippen LogP contribution in [0.25, 0.3) is 0 Å². The lowest BCUT2D eigenvalue weighted by Crippen LogP contribution is -2.34. The molecule has 2 heterocycles. The molecule has 92 valence electrons. The Labute approximate surface area is 102 Å². The molecule has 0 bridgehead atoms. The van der Waals surface area contributed by atoms with Crippen LogP contribution in [0.3, 0.4) is 0 Å². The summed E-state index contributed by atoms with van der Waals surface area (Å²) in [5.74, 6) is -0.155. The van der Waals surface area contributed by atoms with Gasteiger partial charge in [0.25, 0.3) is 5.69 Å². The van der Waals surface area contributed by atoms with E-state index in [0.29, 0.717) is 11.5 Å². The van der Waals surface area contributed by atoms with Crippen LogP contribution < -0.4 is 10.5 Å². The average molecular weight is 247 g/mol. The van der Waals surface area contributed by atoms with Gasteiger partial charge in [0, 0.05) is 18.3 Å². The first kappa shape index (κ1) is 10.8. The third-order valence-corrected chi connectivity index (χ3v) is 2.63. The third kappa shape index (κ3) is 1.62. The molecule has 0 aliphatic carbocycles. The molecule has 1 saturated heterocycles. The van der Waals surface area contributed by atoms with Crippen LogP contribution >= 0.6 is 0 Å². The van der Waals surface area contributed by atoms with Crippen LogP contribution in [-0.2, 0) is 4.84 Å². The molecule has 1 atom stereocenters. The molecule has 1 aromatic carbocycles. The van der Waals surface area contributed by atoms with Crippen LogP contribution in [0.2, 0.25) is 0 Å². The highest BCUT2D eigenvalue weighted by atomic mass is 16.9. The van der Waals surface area contributed by atoms with Crippen molar-refractivity contribution in [3.63, 3.8) is 0 Å². The minimum Gasteiger partial charge on any atom is -0.455 e. The summed E-state index contributed by atoms with van der Waals surface area (Å²) in [6, 6.07) is 5.74. The monoisotopic (exact) mass is 247 g/mol. The molecule has 0 spiro atoms. The first-order valence-corrected chi connectivity index (χ1v) is 5.18. The molecule has 0 aromatic heterocycles. The number of fused-ring (bicyclic) bond motifs is 1. The fourth-order valence-electron chi connectivity index (χ4n) is 1.62. The van der Waals surface area contributed by atoms with Gasteiger partial charge in [0.15, 0.2) is 5.76 Å². The lowest BCUT2D eigenvalue weighted by atomic mass is 10.2. The maximum absolute atomic E-state index is 10.5. The molecule has 2 N–H and O–H groups in total. The van der Waals surface area contributed by atoms with E-state index >= 15 is 0 Å². The summed E-state index contributed by atoms with van der Waals surface area (Å²) in [6.07, 6.45) is 5.10. The quantitative estimate of drug-likeness (QED) is 0.490. The van der Waals surface area contributed by atoms with Gasteiger partial charge in [0.1, 0.15) is 5.75 Å². The lowest BCUT2D eigenvalue weighted by Gasteiger charge is -2.13. The Hall–Kier alpha value is -2.38. The van der Waals surface area contributed by atoms with E-state index in [1.165, 1.54) is 29.3 Å². The molecule has 3 rings (SSSR count). The second-order valence-electron chi connectivity index (χ2n) is 3.84. The molecule has 1 unspecified atom stereocenters. The number of hydrogen-bond donors (Lipinski definition) is 1. The van der Waals surface area contributed by atoms with Crippen molar-refractivity contribution >= 4 is 5.69 Å². The number of nitrogens with two attached hydrogens (primary N) is 1. The Morgan fingerprint density at radius 3 is 2.78 bits per heavy atom. The minimum atomic E-state index is -1.05. The van der Waals surface area contributed by atoms with Gasteiger partial charge in [-0.1, -0.05) is 0 Å². The zero-order valence-corrected chi connectivity index (χ0v) is 9.15. The van der Waals surface area contributed by atoms with Crippen LogP contribution in [0.1, 0.15) is 0 Å². The summed E-state index contributed by atoms with van der Waals surface area (Å²) >= 11 is 0. The lowest BCUT2D eigenvalue weighted by molar-refractivity contribution is -0.384. The fourth-order valence-corrected chi connectivity index (χ4v) is 1.62. The fraction of sp³-hybridized carbons (Fsp3) is 0.0909. The number of rotatable bonds is 3. The molecule has 1 aromatic rings. The zero-order valence-electron chi connectivity index (χ0n) is 9.15. The van der Waals surface area contributed by atoms with E-state index in [1.54, 1.807) is 18.4 Å². The maximum atomic E-state index is 10.5. The first-order chi connectivity index (χ1) is 8.59. The molecular formula is C11H9N3O4. The summed E-state index contributed by atoms with van der Waals surface area (Å²) in [4.78, 5) is 15.2. The summed E-state index contributed by atoms with van der Waals surface area (Å²) < 4.78 is 5.54. The molecule has 7 nitrogen and oxygen atoms in total. The summed E-state index contributed by atoms with van der Waals surface area (Å²) in [5.41, 5.74) is 5.88. The third-order valence-electron chi connectivity index (χ3n) is 2.63. The van der Waals surface area contributed by atoms with Crippen molar-refractivity contribution in [3.8, 4) is 5.75 Å². The van der Waals surface area contributed by atoms with Crippen molar-refractivity contribution in [1.82, 2.24) is 5.06 Å². The number of hydroxylamine groups is 2. The smallest absolute Gasteiger partial charge is 0.301 e.